The van der Waals surface area contributed by atoms with Gasteiger partial charge in [-0.1, -0.05) is 35.9 Å². The van der Waals surface area contributed by atoms with E-state index in [4.69, 9.17) is 21.1 Å². The molecule has 0 aliphatic carbocycles. The van der Waals surface area contributed by atoms with Gasteiger partial charge in [0.05, 0.1) is 23.7 Å². The van der Waals surface area contributed by atoms with Crippen LogP contribution < -0.4 is 19.1 Å². The molecule has 0 aliphatic heterocycles. The summed E-state index contributed by atoms with van der Waals surface area (Å²) in [5.74, 6) is 0.874. The highest BCUT2D eigenvalue weighted by atomic mass is 35.5. The standard InChI is InChI=1S/C25H27ClN2O5S/c1-18(17-33-21-14-12-20(32-3)13-15-21)27-25(29)16-28(24-11-7-10-23(26)19(24)2)34(30,31)22-8-5-4-6-9-22/h4-15,18H,16-17H2,1-3H3,(H,27,29). The molecule has 34 heavy (non-hydrogen) atoms. The zero-order valence-corrected chi connectivity index (χ0v) is 20.8. The van der Waals surface area contributed by atoms with Crippen LogP contribution in [-0.2, 0) is 14.8 Å². The molecule has 180 valence electrons. The molecule has 0 bridgehead atoms. The van der Waals surface area contributed by atoms with Crippen LogP contribution in [0, 0.1) is 6.92 Å². The van der Waals surface area contributed by atoms with Gasteiger partial charge in [0.2, 0.25) is 5.91 Å². The van der Waals surface area contributed by atoms with Crippen molar-refractivity contribution in [2.75, 3.05) is 24.6 Å². The number of methoxy groups -OCH3 is 1. The van der Waals surface area contributed by atoms with Crippen LogP contribution in [0.3, 0.4) is 0 Å². The van der Waals surface area contributed by atoms with Crippen LogP contribution in [0.1, 0.15) is 12.5 Å². The molecule has 3 aromatic carbocycles. The van der Waals surface area contributed by atoms with Crippen LogP contribution in [0.5, 0.6) is 11.5 Å². The highest BCUT2D eigenvalue weighted by molar-refractivity contribution is 7.92. The molecule has 0 fully saturated rings. The molecule has 1 amide bonds. The zero-order valence-electron chi connectivity index (χ0n) is 19.2. The normalized spacial score (nSPS) is 12.0. The Hall–Kier alpha value is -3.23. The Morgan fingerprint density at radius 1 is 1.00 bits per heavy atom. The van der Waals surface area contributed by atoms with Gasteiger partial charge in [-0.2, -0.15) is 0 Å². The Kier molecular flexibility index (Phi) is 8.41. The number of nitrogens with zero attached hydrogens (tertiary/aromatic N) is 1. The minimum Gasteiger partial charge on any atom is -0.497 e. The third-order valence-electron chi connectivity index (χ3n) is 5.09. The second-order valence-electron chi connectivity index (χ2n) is 7.66. The first-order valence-corrected chi connectivity index (χ1v) is 12.4. The van der Waals surface area contributed by atoms with E-state index in [-0.39, 0.29) is 17.5 Å². The molecule has 0 aliphatic rings. The van der Waals surface area contributed by atoms with E-state index in [1.165, 1.54) is 12.1 Å². The number of benzene rings is 3. The first-order chi connectivity index (χ1) is 16.2. The Morgan fingerprint density at radius 2 is 1.65 bits per heavy atom. The second kappa shape index (κ2) is 11.3. The summed E-state index contributed by atoms with van der Waals surface area (Å²) in [4.78, 5) is 13.0. The Labute approximate surface area is 205 Å². The van der Waals surface area contributed by atoms with Crippen molar-refractivity contribution in [1.82, 2.24) is 5.32 Å². The molecule has 1 N–H and O–H groups in total. The van der Waals surface area contributed by atoms with Crippen molar-refractivity contribution in [1.29, 1.82) is 0 Å². The number of anilines is 1. The molecule has 0 radical (unpaired) electrons. The quantitative estimate of drug-likeness (QED) is 0.443. The lowest BCUT2D eigenvalue weighted by atomic mass is 10.2. The van der Waals surface area contributed by atoms with E-state index in [9.17, 15) is 13.2 Å². The Balaban J connectivity index is 1.75. The largest absolute Gasteiger partial charge is 0.497 e. The van der Waals surface area contributed by atoms with E-state index in [0.717, 1.165) is 4.31 Å². The maximum absolute atomic E-state index is 13.4. The van der Waals surface area contributed by atoms with Crippen LogP contribution in [0.4, 0.5) is 5.69 Å². The molecule has 1 unspecified atom stereocenters. The number of sulfonamides is 1. The monoisotopic (exact) mass is 502 g/mol. The summed E-state index contributed by atoms with van der Waals surface area (Å²) in [5.41, 5.74) is 0.904. The van der Waals surface area contributed by atoms with Gasteiger partial charge in [0.25, 0.3) is 10.0 Å². The first kappa shape index (κ1) is 25.4. The van der Waals surface area contributed by atoms with Gasteiger partial charge >= 0.3 is 0 Å². The van der Waals surface area contributed by atoms with Gasteiger partial charge in [-0.25, -0.2) is 8.42 Å². The number of nitrogens with one attached hydrogen (secondary N) is 1. The summed E-state index contributed by atoms with van der Waals surface area (Å²) in [6.07, 6.45) is 0. The summed E-state index contributed by atoms with van der Waals surface area (Å²) >= 11 is 6.25. The van der Waals surface area contributed by atoms with Crippen molar-refractivity contribution in [3.8, 4) is 11.5 Å². The van der Waals surface area contributed by atoms with Crippen LogP contribution in [0.2, 0.25) is 5.02 Å². The predicted molar refractivity (Wildman–Crippen MR) is 133 cm³/mol. The third-order valence-corrected chi connectivity index (χ3v) is 7.28. The average molecular weight is 503 g/mol. The number of halogens is 1. The van der Waals surface area contributed by atoms with E-state index in [2.05, 4.69) is 5.32 Å². The summed E-state index contributed by atoms with van der Waals surface area (Å²) in [6.45, 7) is 3.29. The first-order valence-electron chi connectivity index (χ1n) is 10.6. The molecule has 1 atom stereocenters. The summed E-state index contributed by atoms with van der Waals surface area (Å²) < 4.78 is 38.8. The maximum atomic E-state index is 13.4. The van der Waals surface area contributed by atoms with Gasteiger partial charge in [-0.15, -0.1) is 0 Å². The van der Waals surface area contributed by atoms with Gasteiger partial charge in [0, 0.05) is 5.02 Å². The molecule has 3 rings (SSSR count). The van der Waals surface area contributed by atoms with Gasteiger partial charge in [-0.05, 0) is 67.9 Å². The van der Waals surface area contributed by atoms with Crippen molar-refractivity contribution in [3.63, 3.8) is 0 Å². The lowest BCUT2D eigenvalue weighted by molar-refractivity contribution is -0.120. The minimum atomic E-state index is -4.02. The highest BCUT2D eigenvalue weighted by Crippen LogP contribution is 2.30. The van der Waals surface area contributed by atoms with E-state index < -0.39 is 22.5 Å². The molecule has 7 nitrogen and oxygen atoms in total. The van der Waals surface area contributed by atoms with Crippen molar-refractivity contribution in [3.05, 3.63) is 83.4 Å². The number of carbonyl (C=O) groups is 1. The van der Waals surface area contributed by atoms with Crippen molar-refractivity contribution in [2.24, 2.45) is 0 Å². The number of carbonyl (C=O) groups excluding carboxylic acids is 1. The molecule has 9 heteroatoms. The molecular formula is C25H27ClN2O5S. The highest BCUT2D eigenvalue weighted by Gasteiger charge is 2.29. The zero-order chi connectivity index (χ0) is 24.7. The Bertz CT molecular complexity index is 1220. The number of hydrogen-bond acceptors (Lipinski definition) is 5. The molecule has 0 heterocycles. The molecule has 0 saturated heterocycles. The minimum absolute atomic E-state index is 0.0815. The van der Waals surface area contributed by atoms with E-state index in [1.54, 1.807) is 81.6 Å². The molecule has 0 spiro atoms. The average Bonchev–Trinajstić information content (AvgIpc) is 2.84. The molecule has 3 aromatic rings. The number of amides is 1. The van der Waals surface area contributed by atoms with Crippen molar-refractivity contribution in [2.45, 2.75) is 24.8 Å². The fourth-order valence-corrected chi connectivity index (χ4v) is 4.94. The summed E-state index contributed by atoms with van der Waals surface area (Å²) in [5, 5.41) is 3.21. The van der Waals surface area contributed by atoms with E-state index in [0.29, 0.717) is 27.8 Å². The summed E-state index contributed by atoms with van der Waals surface area (Å²) in [6, 6.07) is 19.7. The predicted octanol–water partition coefficient (Wildman–Crippen LogP) is 4.44. The number of hydrogen-bond donors (Lipinski definition) is 1. The SMILES string of the molecule is COc1ccc(OCC(C)NC(=O)CN(c2cccc(Cl)c2C)S(=O)(=O)c2ccccc2)cc1. The number of rotatable bonds is 10. The lowest BCUT2D eigenvalue weighted by Crippen LogP contribution is -2.45. The maximum Gasteiger partial charge on any atom is 0.264 e. The molecule has 0 saturated carbocycles. The van der Waals surface area contributed by atoms with Gasteiger partial charge in [-0.3, -0.25) is 9.10 Å². The van der Waals surface area contributed by atoms with Gasteiger partial charge in [0.1, 0.15) is 24.7 Å². The Morgan fingerprint density at radius 3 is 2.29 bits per heavy atom. The van der Waals surface area contributed by atoms with Crippen molar-refractivity contribution < 1.29 is 22.7 Å². The van der Waals surface area contributed by atoms with Gasteiger partial charge < -0.3 is 14.8 Å². The van der Waals surface area contributed by atoms with Crippen LogP contribution in [-0.4, -0.2) is 40.6 Å². The fraction of sp³-hybridized carbons (Fsp3) is 0.240. The number of ether oxygens (including phenoxy) is 2. The second-order valence-corrected chi connectivity index (χ2v) is 9.93. The molecular weight excluding hydrogens is 476 g/mol. The smallest absolute Gasteiger partial charge is 0.264 e. The third kappa shape index (κ3) is 6.21. The lowest BCUT2D eigenvalue weighted by Gasteiger charge is -2.26. The van der Waals surface area contributed by atoms with Gasteiger partial charge in [0.15, 0.2) is 0 Å². The topological polar surface area (TPSA) is 84.9 Å². The van der Waals surface area contributed by atoms with Crippen molar-refractivity contribution >= 4 is 33.2 Å². The van der Waals surface area contributed by atoms with E-state index >= 15 is 0 Å². The van der Waals surface area contributed by atoms with Crippen LogP contribution >= 0.6 is 11.6 Å². The van der Waals surface area contributed by atoms with Crippen LogP contribution in [0.15, 0.2) is 77.7 Å². The summed E-state index contributed by atoms with van der Waals surface area (Å²) in [7, 11) is -2.43. The molecule has 0 aromatic heterocycles. The van der Waals surface area contributed by atoms with E-state index in [1.807, 2.05) is 0 Å². The van der Waals surface area contributed by atoms with Crippen LogP contribution in [0.25, 0.3) is 0 Å². The fourth-order valence-electron chi connectivity index (χ4n) is 3.27.